The third kappa shape index (κ3) is 2.67. The van der Waals surface area contributed by atoms with Crippen molar-refractivity contribution in [1.82, 2.24) is 25.5 Å². The molecule has 2 heterocycles. The molecular weight excluding hydrogens is 238 g/mol. The van der Waals surface area contributed by atoms with Crippen molar-refractivity contribution in [3.05, 3.63) is 41.7 Å². The largest absolute Gasteiger partial charge is 0.478 e. The summed E-state index contributed by atoms with van der Waals surface area (Å²) in [5.74, 6) is -0.982. The Morgan fingerprint density at radius 2 is 2.17 bits per heavy atom. The highest BCUT2D eigenvalue weighted by Gasteiger charge is 2.09. The highest BCUT2D eigenvalue weighted by molar-refractivity contribution is 5.93. The van der Waals surface area contributed by atoms with E-state index in [1.807, 2.05) is 0 Å². The summed E-state index contributed by atoms with van der Waals surface area (Å²) in [6.45, 7) is 0.196. The standard InChI is InChI=1S/C10H9N5O3/c16-9(12-4-8-13-5-14-15-8)7-2-1-6(3-11-7)10(17)18/h1-3,5H,4H2,(H,12,16)(H,17,18)(H,13,14,15). The number of carboxylic acid groups (broad SMARTS) is 1. The Morgan fingerprint density at radius 3 is 2.72 bits per heavy atom. The number of aromatic amines is 1. The first-order valence-electron chi connectivity index (χ1n) is 4.98. The topological polar surface area (TPSA) is 121 Å². The molecule has 2 aromatic heterocycles. The van der Waals surface area contributed by atoms with Crippen molar-refractivity contribution in [3.8, 4) is 0 Å². The first-order valence-corrected chi connectivity index (χ1v) is 4.98. The summed E-state index contributed by atoms with van der Waals surface area (Å²) >= 11 is 0. The van der Waals surface area contributed by atoms with E-state index in [4.69, 9.17) is 5.11 Å². The molecule has 1 amide bonds. The van der Waals surface area contributed by atoms with Gasteiger partial charge in [0.05, 0.1) is 12.1 Å². The van der Waals surface area contributed by atoms with Crippen LogP contribution in [0.1, 0.15) is 26.7 Å². The quantitative estimate of drug-likeness (QED) is 0.689. The molecule has 0 bridgehead atoms. The molecular formula is C10H9N5O3. The minimum absolute atomic E-state index is 0.0294. The summed E-state index contributed by atoms with van der Waals surface area (Å²) < 4.78 is 0. The molecule has 0 radical (unpaired) electrons. The second-order valence-electron chi connectivity index (χ2n) is 3.35. The second kappa shape index (κ2) is 5.04. The van der Waals surface area contributed by atoms with Crippen LogP contribution >= 0.6 is 0 Å². The van der Waals surface area contributed by atoms with Crippen LogP contribution in [0.2, 0.25) is 0 Å². The summed E-state index contributed by atoms with van der Waals surface area (Å²) in [5.41, 5.74) is 0.168. The minimum atomic E-state index is -1.09. The number of pyridine rings is 1. The highest BCUT2D eigenvalue weighted by atomic mass is 16.4. The number of nitrogens with zero attached hydrogens (tertiary/aromatic N) is 3. The number of rotatable bonds is 4. The molecule has 8 heteroatoms. The van der Waals surface area contributed by atoms with Crippen molar-refractivity contribution in [1.29, 1.82) is 0 Å². The average molecular weight is 247 g/mol. The van der Waals surface area contributed by atoms with Crippen LogP contribution in [0.3, 0.4) is 0 Å². The predicted molar refractivity (Wildman–Crippen MR) is 58.7 cm³/mol. The van der Waals surface area contributed by atoms with Crippen LogP contribution in [0.25, 0.3) is 0 Å². The van der Waals surface area contributed by atoms with Crippen LogP contribution < -0.4 is 5.32 Å². The number of carbonyl (C=O) groups excluding carboxylic acids is 1. The minimum Gasteiger partial charge on any atom is -0.478 e. The van der Waals surface area contributed by atoms with Gasteiger partial charge in [-0.25, -0.2) is 9.78 Å². The molecule has 0 aromatic carbocycles. The van der Waals surface area contributed by atoms with Crippen molar-refractivity contribution in [2.24, 2.45) is 0 Å². The van der Waals surface area contributed by atoms with Crippen molar-refractivity contribution in [2.45, 2.75) is 6.54 Å². The first-order chi connectivity index (χ1) is 8.66. The molecule has 0 saturated heterocycles. The van der Waals surface area contributed by atoms with E-state index in [0.717, 1.165) is 6.20 Å². The van der Waals surface area contributed by atoms with E-state index in [1.54, 1.807) is 0 Å². The average Bonchev–Trinajstić information content (AvgIpc) is 2.89. The van der Waals surface area contributed by atoms with E-state index in [1.165, 1.54) is 18.5 Å². The van der Waals surface area contributed by atoms with Crippen LogP contribution in [0.5, 0.6) is 0 Å². The van der Waals surface area contributed by atoms with Gasteiger partial charge in [0.15, 0.2) is 0 Å². The molecule has 2 rings (SSSR count). The van der Waals surface area contributed by atoms with Crippen molar-refractivity contribution in [3.63, 3.8) is 0 Å². The lowest BCUT2D eigenvalue weighted by Crippen LogP contribution is -2.24. The normalized spacial score (nSPS) is 10.0. The molecule has 0 aliphatic rings. The summed E-state index contributed by atoms with van der Waals surface area (Å²) in [4.78, 5) is 29.8. The molecule has 3 N–H and O–H groups in total. The van der Waals surface area contributed by atoms with Crippen LogP contribution in [0, 0.1) is 0 Å². The van der Waals surface area contributed by atoms with Crippen molar-refractivity contribution in [2.75, 3.05) is 0 Å². The van der Waals surface area contributed by atoms with Gasteiger partial charge in [-0.15, -0.1) is 0 Å². The van der Waals surface area contributed by atoms with Gasteiger partial charge in [0.2, 0.25) is 0 Å². The van der Waals surface area contributed by atoms with Gasteiger partial charge >= 0.3 is 5.97 Å². The Kier molecular flexibility index (Phi) is 3.28. The summed E-state index contributed by atoms with van der Waals surface area (Å²) in [6.07, 6.45) is 2.47. The predicted octanol–water partition coefficient (Wildman–Crippen LogP) is -0.172. The molecule has 2 aromatic rings. The molecule has 0 saturated carbocycles. The number of carbonyl (C=O) groups is 2. The van der Waals surface area contributed by atoms with Crippen molar-refractivity contribution >= 4 is 11.9 Å². The zero-order valence-electron chi connectivity index (χ0n) is 9.12. The maximum atomic E-state index is 11.6. The van der Waals surface area contributed by atoms with Gasteiger partial charge < -0.3 is 10.4 Å². The molecule has 18 heavy (non-hydrogen) atoms. The first kappa shape index (κ1) is 11.7. The molecule has 0 unspecified atom stereocenters. The molecule has 8 nitrogen and oxygen atoms in total. The molecule has 0 aliphatic carbocycles. The van der Waals surface area contributed by atoms with Crippen molar-refractivity contribution < 1.29 is 14.7 Å². The summed E-state index contributed by atoms with van der Waals surface area (Å²) in [6, 6.07) is 2.66. The van der Waals surface area contributed by atoms with E-state index in [-0.39, 0.29) is 17.8 Å². The number of aromatic carboxylic acids is 1. The lowest BCUT2D eigenvalue weighted by Gasteiger charge is -2.02. The number of hydrogen-bond acceptors (Lipinski definition) is 5. The van der Waals surface area contributed by atoms with Gasteiger partial charge in [0, 0.05) is 6.20 Å². The summed E-state index contributed by atoms with van der Waals surface area (Å²) in [7, 11) is 0. The Labute approximate surface area is 101 Å². The number of hydrogen-bond donors (Lipinski definition) is 3. The van der Waals surface area contributed by atoms with Crippen LogP contribution in [-0.4, -0.2) is 37.1 Å². The van der Waals surface area contributed by atoms with Gasteiger partial charge in [0.25, 0.3) is 5.91 Å². The van der Waals surface area contributed by atoms with E-state index in [9.17, 15) is 9.59 Å². The Balaban J connectivity index is 1.98. The fourth-order valence-corrected chi connectivity index (χ4v) is 1.23. The number of amides is 1. The smallest absolute Gasteiger partial charge is 0.337 e. The van der Waals surface area contributed by atoms with E-state index in [2.05, 4.69) is 25.5 Å². The SMILES string of the molecule is O=C(O)c1ccc(C(=O)NCc2ncn[nH]2)nc1. The maximum absolute atomic E-state index is 11.6. The molecule has 0 spiro atoms. The molecule has 92 valence electrons. The second-order valence-corrected chi connectivity index (χ2v) is 3.35. The number of H-pyrrole nitrogens is 1. The lowest BCUT2D eigenvalue weighted by atomic mass is 10.2. The Morgan fingerprint density at radius 1 is 1.33 bits per heavy atom. The lowest BCUT2D eigenvalue weighted by molar-refractivity contribution is 0.0695. The maximum Gasteiger partial charge on any atom is 0.337 e. The van der Waals surface area contributed by atoms with Gasteiger partial charge in [-0.3, -0.25) is 14.9 Å². The third-order valence-electron chi connectivity index (χ3n) is 2.12. The van der Waals surface area contributed by atoms with E-state index < -0.39 is 11.9 Å². The van der Waals surface area contributed by atoms with Gasteiger partial charge in [-0.2, -0.15) is 5.10 Å². The highest BCUT2D eigenvalue weighted by Crippen LogP contribution is 2.00. The number of aromatic nitrogens is 4. The van der Waals surface area contributed by atoms with Crippen LogP contribution in [0.4, 0.5) is 0 Å². The zero-order valence-corrected chi connectivity index (χ0v) is 9.12. The Bertz CT molecular complexity index is 549. The van der Waals surface area contributed by atoms with Gasteiger partial charge in [-0.1, -0.05) is 0 Å². The number of nitrogens with one attached hydrogen (secondary N) is 2. The van der Waals surface area contributed by atoms with Crippen LogP contribution in [-0.2, 0) is 6.54 Å². The third-order valence-corrected chi connectivity index (χ3v) is 2.12. The fraction of sp³-hybridized carbons (Fsp3) is 0.100. The number of carboxylic acids is 1. The summed E-state index contributed by atoms with van der Waals surface area (Å²) in [5, 5.41) is 17.5. The zero-order chi connectivity index (χ0) is 13.0. The van der Waals surface area contributed by atoms with E-state index in [0.29, 0.717) is 5.82 Å². The monoisotopic (exact) mass is 247 g/mol. The molecule has 0 aliphatic heterocycles. The molecule has 0 atom stereocenters. The van der Waals surface area contributed by atoms with Crippen LogP contribution in [0.15, 0.2) is 24.7 Å². The van der Waals surface area contributed by atoms with E-state index >= 15 is 0 Å². The Hall–Kier alpha value is -2.77. The fourth-order valence-electron chi connectivity index (χ4n) is 1.23. The molecule has 0 fully saturated rings. The van der Waals surface area contributed by atoms with Gasteiger partial charge in [0.1, 0.15) is 17.8 Å². The van der Waals surface area contributed by atoms with Gasteiger partial charge in [-0.05, 0) is 12.1 Å².